The molecule has 4 rings (SSSR count). The van der Waals surface area contributed by atoms with E-state index in [1.54, 1.807) is 42.5 Å². The molecule has 4 aromatic rings. The molecule has 0 saturated heterocycles. The van der Waals surface area contributed by atoms with E-state index in [9.17, 15) is 9.18 Å². The molecular weight excluding hydrogens is 411 g/mol. The Morgan fingerprint density at radius 1 is 0.968 bits per heavy atom. The van der Waals surface area contributed by atoms with Gasteiger partial charge in [-0.05, 0) is 52.9 Å². The minimum atomic E-state index is -0.496. The molecular formula is C26H22ClFN2O. The fourth-order valence-electron chi connectivity index (χ4n) is 3.42. The van der Waals surface area contributed by atoms with Crippen molar-refractivity contribution < 1.29 is 4.39 Å². The second kappa shape index (κ2) is 8.12. The first-order chi connectivity index (χ1) is 14.7. The number of aromatic nitrogens is 2. The average Bonchev–Trinajstić information content (AvgIpc) is 2.72. The standard InChI is InChI=1S/C26H22ClFN2O/c1-26(2,3)18-11-8-17(9-12-18)10-15-24-29-22-16-19(27)13-14-20(22)25(31)30(24)23-7-5-4-6-21(23)28/h4-16H,1-3H3/b15-10+. The Hall–Kier alpha value is -3.24. The summed E-state index contributed by atoms with van der Waals surface area (Å²) in [4.78, 5) is 17.9. The van der Waals surface area contributed by atoms with Gasteiger partial charge in [-0.2, -0.15) is 0 Å². The van der Waals surface area contributed by atoms with Crippen LogP contribution in [0, 0.1) is 5.82 Å². The van der Waals surface area contributed by atoms with Crippen molar-refractivity contribution in [3.63, 3.8) is 0 Å². The SMILES string of the molecule is CC(C)(C)c1ccc(/C=C/c2nc3cc(Cl)ccc3c(=O)n2-c2ccccc2F)cc1. The van der Waals surface area contributed by atoms with Crippen LogP contribution in [-0.4, -0.2) is 9.55 Å². The average molecular weight is 433 g/mol. The molecule has 31 heavy (non-hydrogen) atoms. The Kier molecular flexibility index (Phi) is 5.50. The molecule has 0 saturated carbocycles. The van der Waals surface area contributed by atoms with Gasteiger partial charge in [0.2, 0.25) is 0 Å². The summed E-state index contributed by atoms with van der Waals surface area (Å²) < 4.78 is 15.9. The van der Waals surface area contributed by atoms with Gasteiger partial charge in [0, 0.05) is 5.02 Å². The van der Waals surface area contributed by atoms with E-state index in [0.717, 1.165) is 5.56 Å². The highest BCUT2D eigenvalue weighted by molar-refractivity contribution is 6.31. The Labute approximate surface area is 185 Å². The lowest BCUT2D eigenvalue weighted by Crippen LogP contribution is -2.23. The fraction of sp³-hybridized carbons (Fsp3) is 0.154. The van der Waals surface area contributed by atoms with E-state index in [1.165, 1.54) is 16.2 Å². The Bertz CT molecular complexity index is 1350. The van der Waals surface area contributed by atoms with E-state index in [0.29, 0.717) is 21.7 Å². The van der Waals surface area contributed by atoms with Crippen molar-refractivity contribution >= 4 is 34.7 Å². The van der Waals surface area contributed by atoms with Gasteiger partial charge >= 0.3 is 0 Å². The number of benzene rings is 3. The van der Waals surface area contributed by atoms with Crippen LogP contribution >= 0.6 is 11.6 Å². The third-order valence-electron chi connectivity index (χ3n) is 5.15. The van der Waals surface area contributed by atoms with Gasteiger partial charge in [0.05, 0.1) is 16.6 Å². The number of rotatable bonds is 3. The number of hydrogen-bond donors (Lipinski definition) is 0. The minimum absolute atomic E-state index is 0.0622. The van der Waals surface area contributed by atoms with E-state index in [1.807, 2.05) is 18.2 Å². The zero-order chi connectivity index (χ0) is 22.2. The highest BCUT2D eigenvalue weighted by Gasteiger charge is 2.15. The van der Waals surface area contributed by atoms with Crippen LogP contribution in [0.3, 0.4) is 0 Å². The molecule has 0 aliphatic carbocycles. The van der Waals surface area contributed by atoms with Crippen LogP contribution in [0.15, 0.2) is 71.5 Å². The summed E-state index contributed by atoms with van der Waals surface area (Å²) in [5.74, 6) is -0.173. The summed E-state index contributed by atoms with van der Waals surface area (Å²) >= 11 is 6.10. The lowest BCUT2D eigenvalue weighted by Gasteiger charge is -2.18. The summed E-state index contributed by atoms with van der Waals surface area (Å²) in [6.07, 6.45) is 3.59. The largest absolute Gasteiger partial charge is 0.268 e. The predicted molar refractivity (Wildman–Crippen MR) is 126 cm³/mol. The van der Waals surface area contributed by atoms with Gasteiger partial charge < -0.3 is 0 Å². The molecule has 0 fully saturated rings. The highest BCUT2D eigenvalue weighted by Crippen LogP contribution is 2.23. The maximum atomic E-state index is 14.6. The van der Waals surface area contributed by atoms with Gasteiger partial charge in [0.15, 0.2) is 0 Å². The van der Waals surface area contributed by atoms with E-state index >= 15 is 0 Å². The van der Waals surface area contributed by atoms with Crippen LogP contribution in [0.1, 0.15) is 37.7 Å². The Balaban J connectivity index is 1.88. The first-order valence-corrected chi connectivity index (χ1v) is 10.4. The van der Waals surface area contributed by atoms with Gasteiger partial charge in [-0.15, -0.1) is 0 Å². The summed E-state index contributed by atoms with van der Waals surface area (Å²) in [5.41, 5.74) is 2.51. The van der Waals surface area contributed by atoms with Gasteiger partial charge in [-0.25, -0.2) is 9.37 Å². The monoisotopic (exact) mass is 432 g/mol. The zero-order valence-electron chi connectivity index (χ0n) is 17.6. The maximum Gasteiger partial charge on any atom is 0.266 e. The minimum Gasteiger partial charge on any atom is -0.268 e. The van der Waals surface area contributed by atoms with Crippen molar-refractivity contribution in [3.05, 3.63) is 105 Å². The first kappa shape index (κ1) is 21.0. The number of hydrogen-bond acceptors (Lipinski definition) is 2. The van der Waals surface area contributed by atoms with Crippen molar-refractivity contribution in [2.75, 3.05) is 0 Å². The lowest BCUT2D eigenvalue weighted by atomic mass is 9.87. The number of halogens is 2. The summed E-state index contributed by atoms with van der Waals surface area (Å²) in [5, 5.41) is 0.857. The van der Waals surface area contributed by atoms with Gasteiger partial charge in [0.25, 0.3) is 5.56 Å². The highest BCUT2D eigenvalue weighted by atomic mass is 35.5. The topological polar surface area (TPSA) is 34.9 Å². The van der Waals surface area contributed by atoms with Crippen LogP contribution in [0.4, 0.5) is 4.39 Å². The van der Waals surface area contributed by atoms with Crippen molar-refractivity contribution in [3.8, 4) is 5.69 Å². The molecule has 3 aromatic carbocycles. The second-order valence-corrected chi connectivity index (χ2v) is 8.87. The lowest BCUT2D eigenvalue weighted by molar-refractivity contribution is 0.590. The molecule has 0 aliphatic rings. The van der Waals surface area contributed by atoms with Gasteiger partial charge in [0.1, 0.15) is 11.6 Å². The molecule has 0 aliphatic heterocycles. The summed E-state index contributed by atoms with van der Waals surface area (Å²) in [7, 11) is 0. The Morgan fingerprint density at radius 2 is 1.68 bits per heavy atom. The number of fused-ring (bicyclic) bond motifs is 1. The second-order valence-electron chi connectivity index (χ2n) is 8.43. The summed E-state index contributed by atoms with van der Waals surface area (Å²) in [6.45, 7) is 6.49. The van der Waals surface area contributed by atoms with Crippen molar-refractivity contribution in [1.29, 1.82) is 0 Å². The molecule has 0 unspecified atom stereocenters. The van der Waals surface area contributed by atoms with Crippen LogP contribution in [0.25, 0.3) is 28.7 Å². The molecule has 0 spiro atoms. The molecule has 0 radical (unpaired) electrons. The van der Waals surface area contributed by atoms with Crippen molar-refractivity contribution in [2.24, 2.45) is 0 Å². The van der Waals surface area contributed by atoms with Crippen LogP contribution in [0.2, 0.25) is 5.02 Å². The van der Waals surface area contributed by atoms with E-state index in [-0.39, 0.29) is 16.7 Å². The molecule has 0 amide bonds. The fourth-order valence-corrected chi connectivity index (χ4v) is 3.59. The van der Waals surface area contributed by atoms with Crippen molar-refractivity contribution in [1.82, 2.24) is 9.55 Å². The van der Waals surface area contributed by atoms with Gasteiger partial charge in [-0.1, -0.05) is 74.8 Å². The number of nitrogens with zero attached hydrogens (tertiary/aromatic N) is 2. The molecule has 1 aromatic heterocycles. The smallest absolute Gasteiger partial charge is 0.266 e. The van der Waals surface area contributed by atoms with E-state index in [2.05, 4.69) is 37.9 Å². The van der Waals surface area contributed by atoms with Crippen LogP contribution in [0.5, 0.6) is 0 Å². The summed E-state index contributed by atoms with van der Waals surface area (Å²) in [6, 6.07) is 19.2. The van der Waals surface area contributed by atoms with Crippen LogP contribution < -0.4 is 5.56 Å². The zero-order valence-corrected chi connectivity index (χ0v) is 18.3. The van der Waals surface area contributed by atoms with Crippen LogP contribution in [-0.2, 0) is 5.41 Å². The van der Waals surface area contributed by atoms with Gasteiger partial charge in [-0.3, -0.25) is 9.36 Å². The molecule has 1 heterocycles. The molecule has 5 heteroatoms. The number of para-hydroxylation sites is 1. The third kappa shape index (κ3) is 4.30. The molecule has 3 nitrogen and oxygen atoms in total. The molecule has 0 N–H and O–H groups in total. The Morgan fingerprint density at radius 3 is 2.35 bits per heavy atom. The van der Waals surface area contributed by atoms with E-state index in [4.69, 9.17) is 11.6 Å². The van der Waals surface area contributed by atoms with E-state index < -0.39 is 5.82 Å². The predicted octanol–water partition coefficient (Wildman–Crippen LogP) is 6.65. The first-order valence-electron chi connectivity index (χ1n) is 10.00. The molecule has 0 atom stereocenters. The normalized spacial score (nSPS) is 12.0. The molecule has 156 valence electrons. The maximum absolute atomic E-state index is 14.6. The quantitative estimate of drug-likeness (QED) is 0.363. The third-order valence-corrected chi connectivity index (χ3v) is 5.39. The van der Waals surface area contributed by atoms with Crippen molar-refractivity contribution in [2.45, 2.75) is 26.2 Å². The molecule has 0 bridgehead atoms.